The third kappa shape index (κ3) is 1.10. The van der Waals surface area contributed by atoms with Crippen molar-refractivity contribution in [3.63, 3.8) is 0 Å². The highest BCUT2D eigenvalue weighted by Gasteiger charge is 2.13. The Morgan fingerprint density at radius 1 is 1.46 bits per heavy atom. The van der Waals surface area contributed by atoms with Crippen molar-refractivity contribution in [2.75, 3.05) is 5.73 Å². The quantitative estimate of drug-likeness (QED) is 0.534. The van der Waals surface area contributed by atoms with E-state index in [1.807, 2.05) is 0 Å². The fraction of sp³-hybridized carbons (Fsp3) is 0. The molecule has 0 spiro atoms. The van der Waals surface area contributed by atoms with Crippen molar-refractivity contribution in [3.8, 4) is 0 Å². The van der Waals surface area contributed by atoms with E-state index in [4.69, 9.17) is 10.2 Å². The number of fused-ring (bicyclic) bond motifs is 1. The van der Waals surface area contributed by atoms with Crippen LogP contribution in [0.2, 0.25) is 0 Å². The standard InChI is InChI=1S/C8H6N2O3/c9-8-4-5-6(10(11)12)2-1-3-7(5)13-8/h1-4H,9H2. The first-order valence-electron chi connectivity index (χ1n) is 3.61. The Labute approximate surface area is 72.9 Å². The highest BCUT2D eigenvalue weighted by molar-refractivity contribution is 5.89. The molecule has 1 aromatic heterocycles. The lowest BCUT2D eigenvalue weighted by Crippen LogP contribution is -1.86. The number of nitro groups is 1. The van der Waals surface area contributed by atoms with Crippen LogP contribution in [0, 0.1) is 10.1 Å². The van der Waals surface area contributed by atoms with Crippen LogP contribution in [0.1, 0.15) is 0 Å². The number of nitrogens with zero attached hydrogens (tertiary/aromatic N) is 1. The van der Waals surface area contributed by atoms with Gasteiger partial charge in [0.05, 0.1) is 4.92 Å². The van der Waals surface area contributed by atoms with E-state index in [9.17, 15) is 10.1 Å². The molecule has 2 rings (SSSR count). The smallest absolute Gasteiger partial charge is 0.280 e. The maximum Gasteiger partial charge on any atom is 0.280 e. The van der Waals surface area contributed by atoms with Crippen LogP contribution < -0.4 is 5.73 Å². The summed E-state index contributed by atoms with van der Waals surface area (Å²) in [6.07, 6.45) is 0. The summed E-state index contributed by atoms with van der Waals surface area (Å²) in [7, 11) is 0. The summed E-state index contributed by atoms with van der Waals surface area (Å²) in [5.74, 6) is 0.185. The minimum Gasteiger partial charge on any atom is -0.441 e. The van der Waals surface area contributed by atoms with Crippen LogP contribution in [0.3, 0.4) is 0 Å². The van der Waals surface area contributed by atoms with E-state index < -0.39 is 4.92 Å². The minimum atomic E-state index is -0.461. The molecule has 0 atom stereocenters. The van der Waals surface area contributed by atoms with E-state index >= 15 is 0 Å². The van der Waals surface area contributed by atoms with Crippen molar-refractivity contribution >= 4 is 22.5 Å². The Morgan fingerprint density at radius 2 is 2.23 bits per heavy atom. The highest BCUT2D eigenvalue weighted by Crippen LogP contribution is 2.28. The van der Waals surface area contributed by atoms with E-state index in [2.05, 4.69) is 0 Å². The normalized spacial score (nSPS) is 10.5. The molecule has 66 valence electrons. The number of hydrogen-bond acceptors (Lipinski definition) is 4. The highest BCUT2D eigenvalue weighted by atomic mass is 16.6. The molecule has 0 bridgehead atoms. The third-order valence-electron chi connectivity index (χ3n) is 1.75. The van der Waals surface area contributed by atoms with Crippen LogP contribution in [0.4, 0.5) is 11.6 Å². The molecule has 1 heterocycles. The maximum atomic E-state index is 10.5. The van der Waals surface area contributed by atoms with Crippen LogP contribution >= 0.6 is 0 Å². The number of furan rings is 1. The molecule has 13 heavy (non-hydrogen) atoms. The molecule has 0 aliphatic carbocycles. The Balaban J connectivity index is 2.82. The first-order valence-corrected chi connectivity index (χ1v) is 3.61. The summed E-state index contributed by atoms with van der Waals surface area (Å²) in [4.78, 5) is 10.1. The van der Waals surface area contributed by atoms with Crippen LogP contribution in [0.25, 0.3) is 11.0 Å². The summed E-state index contributed by atoms with van der Waals surface area (Å²) in [6.45, 7) is 0. The number of non-ortho nitro benzene ring substituents is 1. The molecular weight excluding hydrogens is 172 g/mol. The number of hydrogen-bond donors (Lipinski definition) is 1. The van der Waals surface area contributed by atoms with Gasteiger partial charge in [0.1, 0.15) is 11.0 Å². The van der Waals surface area contributed by atoms with Crippen LogP contribution in [-0.4, -0.2) is 4.92 Å². The number of nitro benzene ring substituents is 1. The van der Waals surface area contributed by atoms with Gasteiger partial charge in [0, 0.05) is 12.1 Å². The van der Waals surface area contributed by atoms with E-state index in [-0.39, 0.29) is 11.6 Å². The van der Waals surface area contributed by atoms with Crippen LogP contribution in [0.5, 0.6) is 0 Å². The summed E-state index contributed by atoms with van der Waals surface area (Å²) in [5, 5.41) is 11.0. The molecule has 2 N–H and O–H groups in total. The number of nitrogens with two attached hydrogens (primary N) is 1. The topological polar surface area (TPSA) is 82.3 Å². The van der Waals surface area contributed by atoms with Gasteiger partial charge in [0.2, 0.25) is 0 Å². The second kappa shape index (κ2) is 2.48. The Bertz CT molecular complexity index is 475. The van der Waals surface area contributed by atoms with Gasteiger partial charge in [-0.2, -0.15) is 0 Å². The first kappa shape index (κ1) is 7.60. The molecule has 0 amide bonds. The molecule has 0 saturated heterocycles. The zero-order chi connectivity index (χ0) is 9.42. The average Bonchev–Trinajstić information content (AvgIpc) is 2.43. The second-order valence-electron chi connectivity index (χ2n) is 2.59. The fourth-order valence-electron chi connectivity index (χ4n) is 1.22. The van der Waals surface area contributed by atoms with Gasteiger partial charge in [-0.3, -0.25) is 10.1 Å². The van der Waals surface area contributed by atoms with Crippen molar-refractivity contribution in [2.24, 2.45) is 0 Å². The minimum absolute atomic E-state index is 0.0120. The van der Waals surface area contributed by atoms with Crippen LogP contribution in [0.15, 0.2) is 28.7 Å². The molecule has 5 nitrogen and oxygen atoms in total. The molecule has 0 unspecified atom stereocenters. The van der Waals surface area contributed by atoms with Gasteiger partial charge in [-0.05, 0) is 6.07 Å². The number of benzene rings is 1. The molecule has 2 aromatic rings. The lowest BCUT2D eigenvalue weighted by molar-refractivity contribution is -0.383. The SMILES string of the molecule is Nc1cc2c([N+](=O)[O-])cccc2o1. The molecule has 0 aliphatic heterocycles. The van der Waals surface area contributed by atoms with E-state index in [1.165, 1.54) is 12.1 Å². The molecule has 0 saturated carbocycles. The van der Waals surface area contributed by atoms with Gasteiger partial charge in [0.15, 0.2) is 5.88 Å². The van der Waals surface area contributed by atoms with Gasteiger partial charge < -0.3 is 10.2 Å². The summed E-state index contributed by atoms with van der Waals surface area (Å²) < 4.78 is 5.03. The lowest BCUT2D eigenvalue weighted by Gasteiger charge is -1.90. The van der Waals surface area contributed by atoms with Crippen LogP contribution in [-0.2, 0) is 0 Å². The summed E-state index contributed by atoms with van der Waals surface area (Å²) >= 11 is 0. The summed E-state index contributed by atoms with van der Waals surface area (Å²) in [6, 6.07) is 6.06. The summed E-state index contributed by atoms with van der Waals surface area (Å²) in [5.41, 5.74) is 5.82. The molecule has 0 aliphatic rings. The number of rotatable bonds is 1. The molecule has 5 heteroatoms. The van der Waals surface area contributed by atoms with Crippen molar-refractivity contribution in [2.45, 2.75) is 0 Å². The Hall–Kier alpha value is -2.04. The number of anilines is 1. The maximum absolute atomic E-state index is 10.5. The Kier molecular flexibility index (Phi) is 1.45. The van der Waals surface area contributed by atoms with Gasteiger partial charge in [-0.15, -0.1) is 0 Å². The fourth-order valence-corrected chi connectivity index (χ4v) is 1.22. The molecule has 0 radical (unpaired) electrons. The average molecular weight is 178 g/mol. The Morgan fingerprint density at radius 3 is 2.92 bits per heavy atom. The van der Waals surface area contributed by atoms with E-state index in [0.717, 1.165) is 0 Å². The molecular formula is C8H6N2O3. The number of nitrogen functional groups attached to an aromatic ring is 1. The van der Waals surface area contributed by atoms with Gasteiger partial charge in [0.25, 0.3) is 5.69 Å². The van der Waals surface area contributed by atoms with Crippen molar-refractivity contribution in [1.82, 2.24) is 0 Å². The third-order valence-corrected chi connectivity index (χ3v) is 1.75. The first-order chi connectivity index (χ1) is 6.18. The van der Waals surface area contributed by atoms with Crippen molar-refractivity contribution in [1.29, 1.82) is 0 Å². The van der Waals surface area contributed by atoms with Crippen molar-refractivity contribution in [3.05, 3.63) is 34.4 Å². The largest absolute Gasteiger partial charge is 0.441 e. The molecule has 0 fully saturated rings. The van der Waals surface area contributed by atoms with Crippen molar-refractivity contribution < 1.29 is 9.34 Å². The second-order valence-corrected chi connectivity index (χ2v) is 2.59. The molecule has 1 aromatic carbocycles. The van der Waals surface area contributed by atoms with Gasteiger partial charge >= 0.3 is 0 Å². The monoisotopic (exact) mass is 178 g/mol. The zero-order valence-electron chi connectivity index (χ0n) is 6.56. The predicted molar refractivity (Wildman–Crippen MR) is 47.3 cm³/mol. The van der Waals surface area contributed by atoms with Gasteiger partial charge in [-0.25, -0.2) is 0 Å². The van der Waals surface area contributed by atoms with E-state index in [0.29, 0.717) is 11.0 Å². The zero-order valence-corrected chi connectivity index (χ0v) is 6.56. The van der Waals surface area contributed by atoms with Gasteiger partial charge in [-0.1, -0.05) is 6.07 Å². The lowest BCUT2D eigenvalue weighted by atomic mass is 10.2. The predicted octanol–water partition coefficient (Wildman–Crippen LogP) is 1.92. The van der Waals surface area contributed by atoms with E-state index in [1.54, 1.807) is 12.1 Å².